The minimum Gasteiger partial charge on any atom is -0.465 e. The first-order valence-electron chi connectivity index (χ1n) is 6.07. The minimum absolute atomic E-state index is 0.0571. The van der Waals surface area contributed by atoms with Crippen LogP contribution in [0.4, 0.5) is 5.69 Å². The SMILES string of the molecule is COC(=O)c1cc(C(O)C(O)CN=[N+]=[N-])cc([N+](=O)[O-])c1C. The van der Waals surface area contributed by atoms with Gasteiger partial charge in [0.2, 0.25) is 0 Å². The van der Waals surface area contributed by atoms with E-state index in [2.05, 4.69) is 14.8 Å². The number of benzene rings is 1. The summed E-state index contributed by atoms with van der Waals surface area (Å²) in [6.07, 6.45) is -3.03. The maximum Gasteiger partial charge on any atom is 0.338 e. The van der Waals surface area contributed by atoms with E-state index in [-0.39, 0.29) is 16.7 Å². The predicted molar refractivity (Wildman–Crippen MR) is 74.2 cm³/mol. The van der Waals surface area contributed by atoms with Crippen LogP contribution >= 0.6 is 0 Å². The number of carbonyl (C=O) groups excluding carboxylic acids is 1. The van der Waals surface area contributed by atoms with Crippen LogP contribution in [0.2, 0.25) is 0 Å². The molecule has 0 saturated carbocycles. The molecule has 0 aliphatic rings. The molecule has 0 bridgehead atoms. The number of aliphatic hydroxyl groups excluding tert-OH is 2. The van der Waals surface area contributed by atoms with Crippen molar-refractivity contribution >= 4 is 11.7 Å². The number of hydrogen-bond donors (Lipinski definition) is 2. The molecule has 0 amide bonds. The third-order valence-corrected chi connectivity index (χ3v) is 3.04. The molecule has 22 heavy (non-hydrogen) atoms. The average Bonchev–Trinajstić information content (AvgIpc) is 2.50. The Balaban J connectivity index is 3.36. The van der Waals surface area contributed by atoms with E-state index in [0.717, 1.165) is 13.2 Å². The van der Waals surface area contributed by atoms with Crippen molar-refractivity contribution in [3.8, 4) is 0 Å². The summed E-state index contributed by atoms with van der Waals surface area (Å²) in [5, 5.41) is 33.8. The zero-order valence-corrected chi connectivity index (χ0v) is 11.8. The fraction of sp³-hybridized carbons (Fsp3) is 0.417. The number of methoxy groups -OCH3 is 1. The average molecular weight is 310 g/mol. The summed E-state index contributed by atoms with van der Waals surface area (Å²) in [6, 6.07) is 2.24. The lowest BCUT2D eigenvalue weighted by atomic mass is 9.97. The predicted octanol–water partition coefficient (Wildman–Crippen LogP) is 1.39. The maximum absolute atomic E-state index is 11.7. The van der Waals surface area contributed by atoms with Gasteiger partial charge in [-0.3, -0.25) is 10.1 Å². The van der Waals surface area contributed by atoms with Crippen LogP contribution in [0, 0.1) is 17.0 Å². The molecule has 1 aromatic carbocycles. The quantitative estimate of drug-likeness (QED) is 0.202. The number of nitro benzene ring substituents is 1. The first-order valence-corrected chi connectivity index (χ1v) is 6.07. The van der Waals surface area contributed by atoms with Crippen molar-refractivity contribution in [2.24, 2.45) is 5.11 Å². The zero-order chi connectivity index (χ0) is 16.9. The lowest BCUT2D eigenvalue weighted by molar-refractivity contribution is -0.385. The highest BCUT2D eigenvalue weighted by molar-refractivity contribution is 5.92. The number of ether oxygens (including phenoxy) is 1. The van der Waals surface area contributed by atoms with E-state index in [1.54, 1.807) is 0 Å². The first kappa shape index (κ1) is 17.4. The summed E-state index contributed by atoms with van der Waals surface area (Å²) in [4.78, 5) is 24.4. The molecular weight excluding hydrogens is 296 g/mol. The largest absolute Gasteiger partial charge is 0.465 e. The van der Waals surface area contributed by atoms with Gasteiger partial charge in [-0.15, -0.1) is 0 Å². The molecule has 2 atom stereocenters. The highest BCUT2D eigenvalue weighted by Crippen LogP contribution is 2.29. The van der Waals surface area contributed by atoms with E-state index in [0.29, 0.717) is 0 Å². The third kappa shape index (κ3) is 3.70. The number of hydrogen-bond acceptors (Lipinski definition) is 7. The Morgan fingerprint density at radius 2 is 2.18 bits per heavy atom. The lowest BCUT2D eigenvalue weighted by Crippen LogP contribution is -2.22. The summed E-state index contributed by atoms with van der Waals surface area (Å²) in [6.45, 7) is 0.948. The monoisotopic (exact) mass is 310 g/mol. The minimum atomic E-state index is -1.56. The Kier molecular flexibility index (Phi) is 5.81. The molecule has 1 rings (SSSR count). The molecule has 0 fully saturated rings. The molecule has 0 spiro atoms. The second kappa shape index (κ2) is 7.36. The number of carbonyl (C=O) groups is 1. The molecule has 0 aliphatic carbocycles. The molecule has 0 aliphatic heterocycles. The van der Waals surface area contributed by atoms with Gasteiger partial charge < -0.3 is 14.9 Å². The van der Waals surface area contributed by atoms with Crippen LogP contribution in [0.25, 0.3) is 10.4 Å². The smallest absolute Gasteiger partial charge is 0.338 e. The Labute approximate surface area is 124 Å². The van der Waals surface area contributed by atoms with Crippen LogP contribution < -0.4 is 0 Å². The van der Waals surface area contributed by atoms with E-state index in [1.807, 2.05) is 0 Å². The van der Waals surface area contributed by atoms with Crippen molar-refractivity contribution < 1.29 is 24.7 Å². The normalized spacial score (nSPS) is 12.9. The highest BCUT2D eigenvalue weighted by Gasteiger charge is 2.26. The molecule has 2 N–H and O–H groups in total. The molecule has 2 unspecified atom stereocenters. The summed E-state index contributed by atoms with van der Waals surface area (Å²) in [5.41, 5.74) is 7.72. The third-order valence-electron chi connectivity index (χ3n) is 3.04. The van der Waals surface area contributed by atoms with Crippen molar-refractivity contribution in [2.45, 2.75) is 19.1 Å². The number of azide groups is 1. The van der Waals surface area contributed by atoms with Crippen LogP contribution in [0.3, 0.4) is 0 Å². The molecule has 0 heterocycles. The van der Waals surface area contributed by atoms with Gasteiger partial charge in [-0.1, -0.05) is 5.11 Å². The topological polar surface area (TPSA) is 159 Å². The van der Waals surface area contributed by atoms with Gasteiger partial charge in [-0.05, 0) is 24.1 Å². The van der Waals surface area contributed by atoms with Gasteiger partial charge in [0.25, 0.3) is 5.69 Å². The number of rotatable bonds is 6. The molecule has 10 heteroatoms. The van der Waals surface area contributed by atoms with Crippen molar-refractivity contribution in [1.82, 2.24) is 0 Å². The van der Waals surface area contributed by atoms with Crippen molar-refractivity contribution in [3.63, 3.8) is 0 Å². The molecule has 1 aromatic rings. The highest BCUT2D eigenvalue weighted by atomic mass is 16.6. The number of esters is 1. The van der Waals surface area contributed by atoms with E-state index < -0.39 is 35.3 Å². The standard InChI is InChI=1S/C12H14N4O6/c1-6-8(12(19)22-2)3-7(4-9(6)16(20)21)11(18)10(17)5-14-15-13/h3-4,10-11,17-18H,5H2,1-2H3. The molecule has 10 nitrogen and oxygen atoms in total. The maximum atomic E-state index is 11.7. The van der Waals surface area contributed by atoms with Crippen LogP contribution in [0.5, 0.6) is 0 Å². The molecule has 118 valence electrons. The van der Waals surface area contributed by atoms with Crippen LogP contribution in [0.1, 0.15) is 27.6 Å². The van der Waals surface area contributed by atoms with Crippen molar-refractivity contribution in [3.05, 3.63) is 49.4 Å². The Morgan fingerprint density at radius 3 is 2.68 bits per heavy atom. The van der Waals surface area contributed by atoms with E-state index in [1.165, 1.54) is 13.0 Å². The fourth-order valence-electron chi connectivity index (χ4n) is 1.85. The van der Waals surface area contributed by atoms with Crippen LogP contribution in [-0.2, 0) is 4.74 Å². The van der Waals surface area contributed by atoms with Crippen molar-refractivity contribution in [2.75, 3.05) is 13.7 Å². The number of nitrogens with zero attached hydrogens (tertiary/aromatic N) is 4. The van der Waals surface area contributed by atoms with Crippen LogP contribution in [0.15, 0.2) is 17.2 Å². The van der Waals surface area contributed by atoms with Gasteiger partial charge in [0, 0.05) is 16.5 Å². The van der Waals surface area contributed by atoms with Crippen molar-refractivity contribution in [1.29, 1.82) is 0 Å². The molecular formula is C12H14N4O6. The van der Waals surface area contributed by atoms with Gasteiger partial charge in [-0.2, -0.15) is 0 Å². The van der Waals surface area contributed by atoms with E-state index >= 15 is 0 Å². The second-order valence-electron chi connectivity index (χ2n) is 4.39. The van der Waals surface area contributed by atoms with Gasteiger partial charge in [0.1, 0.15) is 6.10 Å². The zero-order valence-electron chi connectivity index (χ0n) is 11.8. The Morgan fingerprint density at radius 1 is 1.55 bits per heavy atom. The van der Waals surface area contributed by atoms with E-state index in [4.69, 9.17) is 5.53 Å². The van der Waals surface area contributed by atoms with Gasteiger partial charge >= 0.3 is 5.97 Å². The molecule has 0 saturated heterocycles. The molecule has 0 aromatic heterocycles. The van der Waals surface area contributed by atoms with Gasteiger partial charge in [0.15, 0.2) is 0 Å². The summed E-state index contributed by atoms with van der Waals surface area (Å²) >= 11 is 0. The molecule has 0 radical (unpaired) electrons. The lowest BCUT2D eigenvalue weighted by Gasteiger charge is -2.17. The second-order valence-corrected chi connectivity index (χ2v) is 4.39. The summed E-state index contributed by atoms with van der Waals surface area (Å²) < 4.78 is 4.54. The Hall–Kier alpha value is -2.68. The number of aliphatic hydroxyl groups is 2. The van der Waals surface area contributed by atoms with E-state index in [9.17, 15) is 25.1 Å². The summed E-state index contributed by atoms with van der Waals surface area (Å²) in [7, 11) is 1.12. The van der Waals surface area contributed by atoms with Gasteiger partial charge in [-0.25, -0.2) is 4.79 Å². The van der Waals surface area contributed by atoms with Crippen LogP contribution in [-0.4, -0.2) is 40.9 Å². The number of nitro groups is 1. The fourth-order valence-corrected chi connectivity index (χ4v) is 1.85. The van der Waals surface area contributed by atoms with Gasteiger partial charge in [0.05, 0.1) is 30.2 Å². The first-order chi connectivity index (χ1) is 10.3. The Bertz CT molecular complexity index is 641. The summed E-state index contributed by atoms with van der Waals surface area (Å²) in [5.74, 6) is -0.806.